The van der Waals surface area contributed by atoms with Crippen LogP contribution >= 0.6 is 0 Å². The Kier molecular flexibility index (Phi) is 6.02. The highest BCUT2D eigenvalue weighted by molar-refractivity contribution is 5.27. The van der Waals surface area contributed by atoms with Gasteiger partial charge in [-0.1, -0.05) is 25.5 Å². The first kappa shape index (κ1) is 22.4. The fourth-order valence-electron chi connectivity index (χ4n) is 9.38. The van der Waals surface area contributed by atoms with Crippen molar-refractivity contribution >= 4 is 0 Å². The molecule has 0 bridgehead atoms. The van der Waals surface area contributed by atoms with Crippen molar-refractivity contribution < 1.29 is 9.15 Å². The number of furan rings is 1. The Morgan fingerprint density at radius 1 is 1.03 bits per heavy atom. The average Bonchev–Trinajstić information content (AvgIpc) is 3.57. The van der Waals surface area contributed by atoms with Crippen molar-refractivity contribution in [3.63, 3.8) is 0 Å². The molecule has 6 rings (SSSR count). The highest BCUT2D eigenvalue weighted by atomic mass is 16.5. The summed E-state index contributed by atoms with van der Waals surface area (Å²) >= 11 is 0. The lowest BCUT2D eigenvalue weighted by molar-refractivity contribution is -0.0504. The molecular weight excluding hydrogens is 406 g/mol. The van der Waals surface area contributed by atoms with Crippen molar-refractivity contribution in [3.8, 4) is 0 Å². The van der Waals surface area contributed by atoms with E-state index in [-0.39, 0.29) is 0 Å². The molecule has 1 aliphatic heterocycles. The van der Waals surface area contributed by atoms with E-state index in [1.54, 1.807) is 5.57 Å². The number of hydrogen-bond donors (Lipinski definition) is 0. The molecule has 0 amide bonds. The fraction of sp³-hybridized carbons (Fsp3) is 0.800. The Hall–Kier alpha value is -1.06. The van der Waals surface area contributed by atoms with Crippen molar-refractivity contribution in [1.29, 1.82) is 0 Å². The van der Waals surface area contributed by atoms with Gasteiger partial charge in [0.05, 0.1) is 18.6 Å². The molecule has 3 saturated carbocycles. The fourth-order valence-corrected chi connectivity index (χ4v) is 9.38. The minimum atomic E-state index is 0.369. The number of ether oxygens (including phenoxy) is 1. The summed E-state index contributed by atoms with van der Waals surface area (Å²) in [6, 6.07) is 2.24. The summed E-state index contributed by atoms with van der Waals surface area (Å²) in [5, 5.41) is 0. The lowest BCUT2D eigenvalue weighted by atomic mass is 9.46. The van der Waals surface area contributed by atoms with E-state index in [1.165, 1.54) is 95.8 Å². The highest BCUT2D eigenvalue weighted by Crippen LogP contribution is 2.68. The zero-order chi connectivity index (χ0) is 22.5. The van der Waals surface area contributed by atoms with E-state index in [9.17, 15) is 0 Å². The monoisotopic (exact) mass is 451 g/mol. The summed E-state index contributed by atoms with van der Waals surface area (Å²) in [5.74, 6) is 3.40. The molecule has 0 unspecified atom stereocenters. The summed E-state index contributed by atoms with van der Waals surface area (Å²) < 4.78 is 11.9. The number of rotatable bonds is 6. The Morgan fingerprint density at radius 2 is 1.91 bits per heavy atom. The molecule has 5 aliphatic rings. The molecule has 0 radical (unpaired) electrons. The van der Waals surface area contributed by atoms with Crippen molar-refractivity contribution in [1.82, 2.24) is 4.90 Å². The maximum atomic E-state index is 6.40. The van der Waals surface area contributed by atoms with Gasteiger partial charge in [-0.3, -0.25) is 0 Å². The van der Waals surface area contributed by atoms with E-state index in [1.807, 2.05) is 12.5 Å². The molecule has 4 aliphatic carbocycles. The molecule has 0 spiro atoms. The van der Waals surface area contributed by atoms with Gasteiger partial charge in [-0.2, -0.15) is 0 Å². The standard InChI is InChI=1S/C30H45NO2/c1-29-13-10-24(33-18-5-17-31-15-3-4-16-31)20-23(29)6-7-25-27-9-8-26(22-12-19-32-21-22)30(27,2)14-11-28(25)29/h12,19-21,24-28H,3-11,13-18H2,1-2H3/t24-,25-,26+,27-,28-,29-,30+/m0/s1. The van der Waals surface area contributed by atoms with Crippen molar-refractivity contribution in [2.24, 2.45) is 28.6 Å². The molecule has 1 aromatic rings. The summed E-state index contributed by atoms with van der Waals surface area (Å²) in [7, 11) is 0. The first-order valence-corrected chi connectivity index (χ1v) is 14.2. The number of hydrogen-bond acceptors (Lipinski definition) is 3. The molecule has 1 saturated heterocycles. The topological polar surface area (TPSA) is 25.6 Å². The maximum Gasteiger partial charge on any atom is 0.0937 e. The van der Waals surface area contributed by atoms with Crippen molar-refractivity contribution in [2.75, 3.05) is 26.2 Å². The second kappa shape index (κ2) is 8.86. The Balaban J connectivity index is 1.11. The lowest BCUT2D eigenvalue weighted by Gasteiger charge is -2.58. The minimum absolute atomic E-state index is 0.369. The smallest absolute Gasteiger partial charge is 0.0937 e. The van der Waals surface area contributed by atoms with Crippen LogP contribution in [0, 0.1) is 28.6 Å². The molecule has 0 aromatic carbocycles. The Bertz CT molecular complexity index is 839. The van der Waals surface area contributed by atoms with E-state index < -0.39 is 0 Å². The number of allylic oxidation sites excluding steroid dienone is 1. The van der Waals surface area contributed by atoms with Crippen molar-refractivity contribution in [3.05, 3.63) is 35.8 Å². The molecule has 2 heterocycles. The number of nitrogens with zero attached hydrogens (tertiary/aromatic N) is 1. The molecule has 182 valence electrons. The van der Waals surface area contributed by atoms with E-state index in [4.69, 9.17) is 9.15 Å². The van der Waals surface area contributed by atoms with Gasteiger partial charge >= 0.3 is 0 Å². The molecule has 3 heteroatoms. The van der Waals surface area contributed by atoms with Crippen LogP contribution in [-0.4, -0.2) is 37.2 Å². The second-order valence-electron chi connectivity index (χ2n) is 12.6. The van der Waals surface area contributed by atoms with E-state index >= 15 is 0 Å². The van der Waals surface area contributed by atoms with Gasteiger partial charge in [-0.25, -0.2) is 0 Å². The Labute approximate surface area is 201 Å². The van der Waals surface area contributed by atoms with Crippen LogP contribution in [0.15, 0.2) is 34.7 Å². The van der Waals surface area contributed by atoms with Crippen molar-refractivity contribution in [2.45, 2.75) is 96.5 Å². The summed E-state index contributed by atoms with van der Waals surface area (Å²) in [6.45, 7) is 10.0. The first-order chi connectivity index (χ1) is 16.1. The van der Waals surface area contributed by atoms with Gasteiger partial charge in [-0.15, -0.1) is 0 Å². The summed E-state index contributed by atoms with van der Waals surface area (Å²) in [5.41, 5.74) is 4.11. The molecule has 3 nitrogen and oxygen atoms in total. The minimum Gasteiger partial charge on any atom is -0.472 e. The zero-order valence-corrected chi connectivity index (χ0v) is 21.1. The van der Waals surface area contributed by atoms with Gasteiger partial charge in [0.1, 0.15) is 0 Å². The molecule has 33 heavy (non-hydrogen) atoms. The van der Waals surface area contributed by atoms with Gasteiger partial charge in [0.25, 0.3) is 0 Å². The SMILES string of the molecule is C[C@]12CC[C@H]3[C@@H](CCC4=C[C@@H](OCCCN5CCCC5)CC[C@@]43C)[C@@H]1CC[C@@H]2c1ccoc1. The first-order valence-electron chi connectivity index (χ1n) is 14.2. The predicted molar refractivity (Wildman–Crippen MR) is 133 cm³/mol. The van der Waals surface area contributed by atoms with E-state index in [0.717, 1.165) is 24.4 Å². The van der Waals surface area contributed by atoms with Crippen LogP contribution in [0.5, 0.6) is 0 Å². The van der Waals surface area contributed by atoms with Crippen LogP contribution in [0.4, 0.5) is 0 Å². The molecule has 7 atom stereocenters. The zero-order valence-electron chi connectivity index (χ0n) is 21.1. The normalized spacial score (nSPS) is 43.1. The Morgan fingerprint density at radius 3 is 2.73 bits per heavy atom. The quantitative estimate of drug-likeness (QED) is 0.338. The largest absolute Gasteiger partial charge is 0.472 e. The van der Waals surface area contributed by atoms with Gasteiger partial charge in [-0.05, 0) is 130 Å². The summed E-state index contributed by atoms with van der Waals surface area (Å²) in [6.07, 6.45) is 21.7. The van der Waals surface area contributed by atoms with Crippen LogP contribution in [0.25, 0.3) is 0 Å². The lowest BCUT2D eigenvalue weighted by Crippen LogP contribution is -2.50. The van der Waals surface area contributed by atoms with E-state index in [0.29, 0.717) is 22.9 Å². The summed E-state index contributed by atoms with van der Waals surface area (Å²) in [4.78, 5) is 2.61. The molecule has 4 fully saturated rings. The maximum absolute atomic E-state index is 6.40. The number of likely N-dealkylation sites (tertiary alicyclic amines) is 1. The van der Waals surface area contributed by atoms with Crippen LogP contribution in [0.1, 0.15) is 96.0 Å². The van der Waals surface area contributed by atoms with E-state index in [2.05, 4.69) is 30.9 Å². The van der Waals surface area contributed by atoms with Gasteiger partial charge in [0, 0.05) is 13.2 Å². The molecular formula is C30H45NO2. The third-order valence-electron chi connectivity index (χ3n) is 11.2. The van der Waals surface area contributed by atoms with Crippen LogP contribution in [0.3, 0.4) is 0 Å². The predicted octanol–water partition coefficient (Wildman–Crippen LogP) is 7.20. The second-order valence-corrected chi connectivity index (χ2v) is 12.6. The average molecular weight is 452 g/mol. The van der Waals surface area contributed by atoms with Gasteiger partial charge < -0.3 is 14.1 Å². The molecule has 0 N–H and O–H groups in total. The molecule has 1 aromatic heterocycles. The van der Waals surface area contributed by atoms with Crippen LogP contribution in [0.2, 0.25) is 0 Å². The highest BCUT2D eigenvalue weighted by Gasteiger charge is 2.59. The van der Waals surface area contributed by atoms with Gasteiger partial charge in [0.2, 0.25) is 0 Å². The number of fused-ring (bicyclic) bond motifs is 5. The van der Waals surface area contributed by atoms with Gasteiger partial charge in [0.15, 0.2) is 0 Å². The van der Waals surface area contributed by atoms with Crippen LogP contribution < -0.4 is 0 Å². The third-order valence-corrected chi connectivity index (χ3v) is 11.2. The van der Waals surface area contributed by atoms with Crippen LogP contribution in [-0.2, 0) is 4.74 Å². The third kappa shape index (κ3) is 3.86.